The highest BCUT2D eigenvalue weighted by atomic mass is 32.1. The fourth-order valence-electron chi connectivity index (χ4n) is 3.44. The fraction of sp³-hybridized carbons (Fsp3) is 0.333. The SMILES string of the molecule is S=c1sc2ccccc2n1CN1CCCCC1c1cccnc1. The van der Waals surface area contributed by atoms with Crippen LogP contribution in [0.25, 0.3) is 10.2 Å². The van der Waals surface area contributed by atoms with E-state index in [-0.39, 0.29) is 0 Å². The van der Waals surface area contributed by atoms with Gasteiger partial charge in [0.1, 0.15) is 0 Å². The number of hydrogen-bond donors (Lipinski definition) is 0. The first kappa shape index (κ1) is 15.0. The summed E-state index contributed by atoms with van der Waals surface area (Å²) in [6.45, 7) is 1.98. The van der Waals surface area contributed by atoms with Gasteiger partial charge in [-0.25, -0.2) is 0 Å². The lowest BCUT2D eigenvalue weighted by Gasteiger charge is -2.36. The van der Waals surface area contributed by atoms with Gasteiger partial charge in [0.15, 0.2) is 3.95 Å². The van der Waals surface area contributed by atoms with E-state index < -0.39 is 0 Å². The van der Waals surface area contributed by atoms with Gasteiger partial charge in [0.25, 0.3) is 0 Å². The van der Waals surface area contributed by atoms with Crippen LogP contribution in [0.2, 0.25) is 0 Å². The summed E-state index contributed by atoms with van der Waals surface area (Å²) in [5.41, 5.74) is 2.57. The molecule has 3 aromatic rings. The van der Waals surface area contributed by atoms with E-state index in [1.165, 1.54) is 35.0 Å². The summed E-state index contributed by atoms with van der Waals surface area (Å²) < 4.78 is 4.51. The highest BCUT2D eigenvalue weighted by Gasteiger charge is 2.24. The summed E-state index contributed by atoms with van der Waals surface area (Å²) in [6, 6.07) is 13.2. The Bertz CT molecular complexity index is 853. The number of para-hydroxylation sites is 1. The van der Waals surface area contributed by atoms with Gasteiger partial charge in [0.2, 0.25) is 0 Å². The lowest BCUT2D eigenvalue weighted by atomic mass is 9.97. The molecule has 3 heterocycles. The fourth-order valence-corrected chi connectivity index (χ4v) is 4.75. The molecule has 2 aromatic heterocycles. The average molecular weight is 342 g/mol. The molecule has 1 aliphatic heterocycles. The predicted octanol–water partition coefficient (Wildman–Crippen LogP) is 5.01. The van der Waals surface area contributed by atoms with Gasteiger partial charge >= 0.3 is 0 Å². The molecule has 0 bridgehead atoms. The molecule has 0 amide bonds. The first-order valence-electron chi connectivity index (χ1n) is 8.05. The quantitative estimate of drug-likeness (QED) is 0.625. The van der Waals surface area contributed by atoms with E-state index >= 15 is 0 Å². The van der Waals surface area contributed by atoms with Crippen molar-refractivity contribution in [2.24, 2.45) is 0 Å². The van der Waals surface area contributed by atoms with Crippen LogP contribution in [-0.4, -0.2) is 21.0 Å². The third-order valence-corrected chi connectivity index (χ3v) is 6.01. The molecule has 5 heteroatoms. The van der Waals surface area contributed by atoms with Crippen LogP contribution < -0.4 is 0 Å². The Morgan fingerprint density at radius 1 is 1.17 bits per heavy atom. The van der Waals surface area contributed by atoms with Crippen LogP contribution >= 0.6 is 23.6 Å². The van der Waals surface area contributed by atoms with Crippen molar-refractivity contribution in [1.82, 2.24) is 14.5 Å². The predicted molar refractivity (Wildman–Crippen MR) is 98.2 cm³/mol. The van der Waals surface area contributed by atoms with Gasteiger partial charge in [0.05, 0.1) is 16.9 Å². The molecule has 1 aliphatic rings. The molecule has 0 saturated carbocycles. The normalized spacial score (nSPS) is 19.2. The molecular weight excluding hydrogens is 322 g/mol. The number of rotatable bonds is 3. The molecule has 0 aliphatic carbocycles. The topological polar surface area (TPSA) is 21.1 Å². The zero-order valence-electron chi connectivity index (χ0n) is 12.9. The highest BCUT2D eigenvalue weighted by Crippen LogP contribution is 2.32. The zero-order chi connectivity index (χ0) is 15.6. The van der Waals surface area contributed by atoms with Crippen molar-refractivity contribution >= 4 is 33.8 Å². The van der Waals surface area contributed by atoms with Gasteiger partial charge in [-0.15, -0.1) is 11.3 Å². The van der Waals surface area contributed by atoms with E-state index in [9.17, 15) is 0 Å². The molecule has 1 unspecified atom stereocenters. The van der Waals surface area contributed by atoms with Crippen LogP contribution in [0, 0.1) is 3.95 Å². The molecule has 1 aromatic carbocycles. The Morgan fingerprint density at radius 3 is 2.96 bits per heavy atom. The Kier molecular flexibility index (Phi) is 4.25. The number of fused-ring (bicyclic) bond motifs is 1. The molecule has 1 fully saturated rings. The van der Waals surface area contributed by atoms with Crippen molar-refractivity contribution in [2.45, 2.75) is 32.0 Å². The molecule has 3 nitrogen and oxygen atoms in total. The van der Waals surface area contributed by atoms with Gasteiger partial charge in [-0.05, 0) is 48.8 Å². The van der Waals surface area contributed by atoms with E-state index in [1.807, 2.05) is 18.5 Å². The number of likely N-dealkylation sites (tertiary alicyclic amines) is 1. The van der Waals surface area contributed by atoms with E-state index in [0.29, 0.717) is 6.04 Å². The summed E-state index contributed by atoms with van der Waals surface area (Å²) in [5.74, 6) is 0. The minimum absolute atomic E-state index is 0.443. The molecule has 118 valence electrons. The second-order valence-corrected chi connectivity index (χ2v) is 7.69. The second-order valence-electron chi connectivity index (χ2n) is 6.02. The molecule has 0 N–H and O–H groups in total. The van der Waals surface area contributed by atoms with Crippen molar-refractivity contribution < 1.29 is 0 Å². The summed E-state index contributed by atoms with van der Waals surface area (Å²) in [6.07, 6.45) is 7.59. The third-order valence-electron chi connectivity index (χ3n) is 4.58. The molecule has 0 radical (unpaired) electrons. The standard InChI is InChI=1S/C18H19N3S2/c22-18-21(16-8-1-2-9-17(16)23-18)13-20-11-4-3-7-15(20)14-6-5-10-19-12-14/h1-2,5-6,8-10,12,15H,3-4,7,11,13H2. The Balaban J connectivity index is 1.68. The molecule has 4 rings (SSSR count). The number of piperidine rings is 1. The number of benzene rings is 1. The van der Waals surface area contributed by atoms with E-state index in [2.05, 4.69) is 44.8 Å². The second kappa shape index (κ2) is 6.51. The Labute approximate surface area is 145 Å². The smallest absolute Gasteiger partial charge is 0.163 e. The van der Waals surface area contributed by atoms with Crippen LogP contribution in [0.1, 0.15) is 30.9 Å². The van der Waals surface area contributed by atoms with Gasteiger partial charge < -0.3 is 4.57 Å². The molecule has 1 atom stereocenters. The van der Waals surface area contributed by atoms with Crippen LogP contribution in [0.3, 0.4) is 0 Å². The minimum Gasteiger partial charge on any atom is -0.309 e. The van der Waals surface area contributed by atoms with Crippen LogP contribution in [-0.2, 0) is 6.67 Å². The Hall–Kier alpha value is -1.56. The maximum absolute atomic E-state index is 5.62. The minimum atomic E-state index is 0.443. The molecule has 0 spiro atoms. The van der Waals surface area contributed by atoms with E-state index in [1.54, 1.807) is 11.3 Å². The summed E-state index contributed by atoms with van der Waals surface area (Å²) in [5, 5.41) is 0. The number of aromatic nitrogens is 2. The lowest BCUT2D eigenvalue weighted by Crippen LogP contribution is -2.35. The lowest BCUT2D eigenvalue weighted by molar-refractivity contribution is 0.112. The summed E-state index contributed by atoms with van der Waals surface area (Å²) in [7, 11) is 0. The molecular formula is C18H19N3S2. The van der Waals surface area contributed by atoms with Crippen LogP contribution in [0.15, 0.2) is 48.8 Å². The van der Waals surface area contributed by atoms with Crippen molar-refractivity contribution in [1.29, 1.82) is 0 Å². The maximum atomic E-state index is 5.62. The Morgan fingerprint density at radius 2 is 2.09 bits per heavy atom. The van der Waals surface area contributed by atoms with E-state index in [0.717, 1.165) is 17.2 Å². The van der Waals surface area contributed by atoms with Crippen molar-refractivity contribution in [2.75, 3.05) is 6.54 Å². The largest absolute Gasteiger partial charge is 0.309 e. The first-order valence-corrected chi connectivity index (χ1v) is 9.28. The van der Waals surface area contributed by atoms with Gasteiger partial charge in [-0.3, -0.25) is 9.88 Å². The summed E-state index contributed by atoms with van der Waals surface area (Å²) in [4.78, 5) is 6.86. The van der Waals surface area contributed by atoms with Gasteiger partial charge in [0, 0.05) is 25.0 Å². The molecule has 23 heavy (non-hydrogen) atoms. The zero-order valence-corrected chi connectivity index (χ0v) is 14.5. The number of thiazole rings is 1. The van der Waals surface area contributed by atoms with Gasteiger partial charge in [-0.2, -0.15) is 0 Å². The number of pyridine rings is 1. The number of nitrogens with zero attached hydrogens (tertiary/aromatic N) is 3. The van der Waals surface area contributed by atoms with Crippen LogP contribution in [0.5, 0.6) is 0 Å². The van der Waals surface area contributed by atoms with Crippen LogP contribution in [0.4, 0.5) is 0 Å². The van der Waals surface area contributed by atoms with Gasteiger partial charge in [-0.1, -0.05) is 24.6 Å². The van der Waals surface area contributed by atoms with E-state index in [4.69, 9.17) is 12.2 Å². The van der Waals surface area contributed by atoms with Crippen molar-refractivity contribution in [3.05, 3.63) is 58.3 Å². The third kappa shape index (κ3) is 2.96. The first-order chi connectivity index (χ1) is 11.3. The van der Waals surface area contributed by atoms with Crippen molar-refractivity contribution in [3.8, 4) is 0 Å². The summed E-state index contributed by atoms with van der Waals surface area (Å²) >= 11 is 7.32. The highest BCUT2D eigenvalue weighted by molar-refractivity contribution is 7.73. The average Bonchev–Trinajstić information content (AvgIpc) is 2.92. The monoisotopic (exact) mass is 341 g/mol. The molecule has 1 saturated heterocycles. The maximum Gasteiger partial charge on any atom is 0.163 e. The number of hydrogen-bond acceptors (Lipinski definition) is 4. The van der Waals surface area contributed by atoms with Crippen molar-refractivity contribution in [3.63, 3.8) is 0 Å².